The van der Waals surface area contributed by atoms with Gasteiger partial charge < -0.3 is 11.1 Å². The van der Waals surface area contributed by atoms with Gasteiger partial charge in [-0.05, 0) is 42.2 Å². The fraction of sp³-hybridized carbons (Fsp3) is 0.222. The predicted molar refractivity (Wildman–Crippen MR) is 93.2 cm³/mol. The highest BCUT2D eigenvalue weighted by atomic mass is 35.5. The Kier molecular flexibility index (Phi) is 4.08. The van der Waals surface area contributed by atoms with Crippen molar-refractivity contribution < 1.29 is 0 Å². The summed E-state index contributed by atoms with van der Waals surface area (Å²) in [5.74, 6) is 0. The number of aromatic nitrogens is 1. The van der Waals surface area contributed by atoms with E-state index in [9.17, 15) is 5.26 Å². The van der Waals surface area contributed by atoms with Crippen molar-refractivity contribution in [2.45, 2.75) is 19.9 Å². The van der Waals surface area contributed by atoms with Crippen molar-refractivity contribution in [1.82, 2.24) is 10.3 Å². The summed E-state index contributed by atoms with van der Waals surface area (Å²) >= 11 is 6.41. The molecule has 0 spiro atoms. The average molecular weight is 325 g/mol. The van der Waals surface area contributed by atoms with Crippen LogP contribution in [-0.2, 0) is 0 Å². The minimum atomic E-state index is 0.314. The molecule has 2 heterocycles. The molecular weight excluding hydrogens is 308 g/mol. The third-order valence-corrected chi connectivity index (χ3v) is 4.41. The largest absolute Gasteiger partial charge is 0.396 e. The monoisotopic (exact) mass is 324 g/mol. The van der Waals surface area contributed by atoms with Gasteiger partial charge >= 0.3 is 0 Å². The van der Waals surface area contributed by atoms with Gasteiger partial charge in [0, 0.05) is 24.3 Å². The molecule has 0 radical (unpaired) electrons. The Balaban J connectivity index is 2.23. The van der Waals surface area contributed by atoms with Crippen molar-refractivity contribution >= 4 is 22.9 Å². The molecule has 1 atom stereocenters. The molecule has 0 amide bonds. The van der Waals surface area contributed by atoms with E-state index in [1.54, 1.807) is 12.4 Å². The van der Waals surface area contributed by atoms with E-state index < -0.39 is 0 Å². The second-order valence-electron chi connectivity index (χ2n) is 5.78. The first-order chi connectivity index (χ1) is 11.0. The maximum Gasteiger partial charge on any atom is 0.0994 e. The summed E-state index contributed by atoms with van der Waals surface area (Å²) in [7, 11) is 0. The van der Waals surface area contributed by atoms with E-state index in [-0.39, 0.29) is 0 Å². The van der Waals surface area contributed by atoms with Crippen LogP contribution in [0.2, 0.25) is 5.02 Å². The first-order valence-corrected chi connectivity index (χ1v) is 7.75. The standard InChI is InChI=1S/C18H17ClN4/c1-10-3-11(2)14(4-12(10)6-20)15(5-13-7-23-13)16-8-22-9-17(21)18(16)19/h3-5,8-9,13,23H,7,21H2,1-2H3/b15-5+. The summed E-state index contributed by atoms with van der Waals surface area (Å²) in [4.78, 5) is 4.17. The molecular formula is C18H17ClN4. The van der Waals surface area contributed by atoms with Crippen molar-refractivity contribution in [1.29, 1.82) is 5.26 Å². The van der Waals surface area contributed by atoms with Crippen LogP contribution in [0.5, 0.6) is 0 Å². The van der Waals surface area contributed by atoms with Gasteiger partial charge in [-0.3, -0.25) is 4.98 Å². The van der Waals surface area contributed by atoms with E-state index in [2.05, 4.69) is 22.4 Å². The number of nitrogens with two attached hydrogens (primary N) is 1. The topological polar surface area (TPSA) is 84.6 Å². The SMILES string of the molecule is Cc1cc(C)c(/C(=C\C2CN2)c2cncc(N)c2Cl)cc1C#N. The Morgan fingerprint density at radius 2 is 2.09 bits per heavy atom. The van der Waals surface area contributed by atoms with Crippen LogP contribution in [0, 0.1) is 25.2 Å². The van der Waals surface area contributed by atoms with Crippen LogP contribution in [0.4, 0.5) is 5.69 Å². The number of hydrogen-bond donors (Lipinski definition) is 2. The second-order valence-corrected chi connectivity index (χ2v) is 6.16. The highest BCUT2D eigenvalue weighted by Gasteiger charge is 2.22. The molecule has 0 aliphatic carbocycles. The van der Waals surface area contributed by atoms with E-state index in [1.165, 1.54) is 0 Å². The molecule has 1 aromatic carbocycles. The fourth-order valence-electron chi connectivity index (χ4n) is 2.62. The van der Waals surface area contributed by atoms with E-state index in [1.807, 2.05) is 26.0 Å². The Labute approximate surface area is 140 Å². The Morgan fingerprint density at radius 3 is 2.74 bits per heavy atom. The summed E-state index contributed by atoms with van der Waals surface area (Å²) in [5.41, 5.74) is 11.8. The number of anilines is 1. The van der Waals surface area contributed by atoms with E-state index in [0.717, 1.165) is 34.4 Å². The van der Waals surface area contributed by atoms with Crippen LogP contribution < -0.4 is 11.1 Å². The third kappa shape index (κ3) is 3.07. The molecule has 1 aliphatic rings. The third-order valence-electron chi connectivity index (χ3n) is 3.99. The van der Waals surface area contributed by atoms with Gasteiger partial charge in [-0.15, -0.1) is 0 Å². The Morgan fingerprint density at radius 1 is 1.35 bits per heavy atom. The minimum Gasteiger partial charge on any atom is -0.396 e. The molecule has 5 heteroatoms. The molecule has 116 valence electrons. The molecule has 2 aromatic rings. The average Bonchev–Trinajstić information content (AvgIpc) is 3.33. The fourth-order valence-corrected chi connectivity index (χ4v) is 2.82. The zero-order chi connectivity index (χ0) is 16.6. The molecule has 4 nitrogen and oxygen atoms in total. The lowest BCUT2D eigenvalue weighted by atomic mass is 9.91. The highest BCUT2D eigenvalue weighted by molar-refractivity contribution is 6.35. The van der Waals surface area contributed by atoms with Gasteiger partial charge in [-0.2, -0.15) is 5.26 Å². The summed E-state index contributed by atoms with van der Waals surface area (Å²) in [6.07, 6.45) is 5.39. The number of benzene rings is 1. The van der Waals surface area contributed by atoms with Gasteiger partial charge in [0.15, 0.2) is 0 Å². The molecule has 1 saturated heterocycles. The van der Waals surface area contributed by atoms with Gasteiger partial charge in [0.2, 0.25) is 0 Å². The Bertz CT molecular complexity index is 845. The van der Waals surface area contributed by atoms with Crippen molar-refractivity contribution in [3.8, 4) is 6.07 Å². The van der Waals surface area contributed by atoms with Crippen molar-refractivity contribution in [3.63, 3.8) is 0 Å². The number of rotatable bonds is 3. The Hall–Kier alpha value is -2.35. The number of nitrogen functional groups attached to an aromatic ring is 1. The summed E-state index contributed by atoms with van der Waals surface area (Å²) < 4.78 is 0. The predicted octanol–water partition coefficient (Wildman–Crippen LogP) is 3.21. The summed E-state index contributed by atoms with van der Waals surface area (Å²) in [6.45, 7) is 4.91. The van der Waals surface area contributed by atoms with Crippen LogP contribution in [0.25, 0.3) is 5.57 Å². The molecule has 1 fully saturated rings. The number of nitrogens with zero attached hydrogens (tertiary/aromatic N) is 2. The van der Waals surface area contributed by atoms with Crippen LogP contribution in [0.1, 0.15) is 27.8 Å². The lowest BCUT2D eigenvalue weighted by molar-refractivity contribution is 1.20. The van der Waals surface area contributed by atoms with Gasteiger partial charge in [0.1, 0.15) is 0 Å². The number of nitriles is 1. The number of halogens is 1. The van der Waals surface area contributed by atoms with E-state index in [0.29, 0.717) is 22.3 Å². The van der Waals surface area contributed by atoms with Crippen LogP contribution in [0.3, 0.4) is 0 Å². The van der Waals surface area contributed by atoms with Gasteiger partial charge in [0.05, 0.1) is 28.5 Å². The first-order valence-electron chi connectivity index (χ1n) is 7.37. The normalized spacial score (nSPS) is 17.0. The van der Waals surface area contributed by atoms with Gasteiger partial charge in [-0.25, -0.2) is 0 Å². The second kappa shape index (κ2) is 6.04. The molecule has 1 aliphatic heterocycles. The van der Waals surface area contributed by atoms with Crippen molar-refractivity contribution in [2.24, 2.45) is 0 Å². The molecule has 23 heavy (non-hydrogen) atoms. The number of hydrogen-bond acceptors (Lipinski definition) is 4. The summed E-state index contributed by atoms with van der Waals surface area (Å²) in [6, 6.07) is 6.50. The first kappa shape index (κ1) is 15.5. The quantitative estimate of drug-likeness (QED) is 0.849. The maximum atomic E-state index is 9.34. The highest BCUT2D eigenvalue weighted by Crippen LogP contribution is 2.35. The van der Waals surface area contributed by atoms with E-state index >= 15 is 0 Å². The van der Waals surface area contributed by atoms with Gasteiger partial charge in [0.25, 0.3) is 0 Å². The molecule has 0 saturated carbocycles. The molecule has 1 unspecified atom stereocenters. The van der Waals surface area contributed by atoms with Crippen molar-refractivity contribution in [3.05, 3.63) is 63.4 Å². The van der Waals surface area contributed by atoms with Crippen LogP contribution >= 0.6 is 11.6 Å². The smallest absolute Gasteiger partial charge is 0.0994 e. The lowest BCUT2D eigenvalue weighted by Gasteiger charge is -2.15. The zero-order valence-corrected chi connectivity index (χ0v) is 13.8. The molecule has 1 aromatic heterocycles. The van der Waals surface area contributed by atoms with Crippen molar-refractivity contribution in [2.75, 3.05) is 12.3 Å². The van der Waals surface area contributed by atoms with Crippen LogP contribution in [0.15, 0.2) is 30.6 Å². The molecule has 3 rings (SSSR count). The van der Waals surface area contributed by atoms with Crippen LogP contribution in [-0.4, -0.2) is 17.6 Å². The minimum absolute atomic E-state index is 0.314. The number of pyridine rings is 1. The maximum absolute atomic E-state index is 9.34. The number of nitrogens with one attached hydrogen (secondary N) is 1. The van der Waals surface area contributed by atoms with Gasteiger partial charge in [-0.1, -0.05) is 23.7 Å². The zero-order valence-electron chi connectivity index (χ0n) is 13.0. The lowest BCUT2D eigenvalue weighted by Crippen LogP contribution is -2.00. The molecule has 0 bridgehead atoms. The van der Waals surface area contributed by atoms with E-state index in [4.69, 9.17) is 17.3 Å². The molecule has 3 N–H and O–H groups in total. The number of aryl methyl sites for hydroxylation is 2. The summed E-state index contributed by atoms with van der Waals surface area (Å²) in [5, 5.41) is 13.1.